The molecule has 2 fully saturated rings. The Morgan fingerprint density at radius 3 is 2.34 bits per heavy atom. The number of sulfonamides is 1. The number of nitrogens with zero attached hydrogens (tertiary/aromatic N) is 2. The highest BCUT2D eigenvalue weighted by Gasteiger charge is 2.31. The van der Waals surface area contributed by atoms with Crippen molar-refractivity contribution in [1.82, 2.24) is 9.62 Å². The van der Waals surface area contributed by atoms with Crippen LogP contribution in [0.3, 0.4) is 0 Å². The molecule has 0 spiro atoms. The van der Waals surface area contributed by atoms with Crippen molar-refractivity contribution in [2.45, 2.75) is 64.3 Å². The third-order valence-corrected chi connectivity index (χ3v) is 8.41. The molecule has 1 atom stereocenters. The van der Waals surface area contributed by atoms with Crippen LogP contribution in [0.2, 0.25) is 0 Å². The zero-order chi connectivity index (χ0) is 21.2. The maximum atomic E-state index is 13.2. The third-order valence-electron chi connectivity index (χ3n) is 6.37. The molecule has 1 saturated carbocycles. The molecule has 162 valence electrons. The molecule has 29 heavy (non-hydrogen) atoms. The fraction of sp³-hybridized carbons (Fsp3) is 0.682. The molecular formula is C22H35N3O3S. The summed E-state index contributed by atoms with van der Waals surface area (Å²) in [6, 6.07) is 5.17. The van der Waals surface area contributed by atoms with Crippen molar-refractivity contribution in [3.8, 4) is 0 Å². The Balaban J connectivity index is 1.96. The summed E-state index contributed by atoms with van der Waals surface area (Å²) >= 11 is 0. The smallest absolute Gasteiger partial charge is 0.253 e. The molecule has 3 rings (SSSR count). The van der Waals surface area contributed by atoms with E-state index in [0.717, 1.165) is 44.5 Å². The fourth-order valence-corrected chi connectivity index (χ4v) is 5.58. The molecule has 1 aromatic carbocycles. The minimum absolute atomic E-state index is 0.111. The Kier molecular flexibility index (Phi) is 6.89. The molecule has 6 nitrogen and oxygen atoms in total. The van der Waals surface area contributed by atoms with E-state index in [4.69, 9.17) is 0 Å². The lowest BCUT2D eigenvalue weighted by molar-refractivity contribution is 0.0936. The summed E-state index contributed by atoms with van der Waals surface area (Å²) in [5, 5.41) is 3.11. The van der Waals surface area contributed by atoms with Gasteiger partial charge < -0.3 is 10.2 Å². The second-order valence-corrected chi connectivity index (χ2v) is 10.5. The quantitative estimate of drug-likeness (QED) is 0.698. The lowest BCUT2D eigenvalue weighted by Crippen LogP contribution is -2.38. The van der Waals surface area contributed by atoms with E-state index in [2.05, 4.69) is 17.1 Å². The molecular weight excluding hydrogens is 386 g/mol. The molecule has 0 radical (unpaired) electrons. The summed E-state index contributed by atoms with van der Waals surface area (Å²) in [5.74, 6) is 1.05. The second-order valence-electron chi connectivity index (χ2n) is 8.54. The molecule has 1 heterocycles. The van der Waals surface area contributed by atoms with E-state index in [0.29, 0.717) is 30.5 Å². The number of carbonyl (C=O) groups is 1. The van der Waals surface area contributed by atoms with Gasteiger partial charge in [0.05, 0.1) is 10.5 Å². The van der Waals surface area contributed by atoms with Crippen LogP contribution in [0, 0.1) is 11.8 Å². The Morgan fingerprint density at radius 1 is 1.17 bits per heavy atom. The van der Waals surface area contributed by atoms with Crippen LogP contribution in [0.15, 0.2) is 23.1 Å². The van der Waals surface area contributed by atoms with E-state index in [1.54, 1.807) is 12.1 Å². The third kappa shape index (κ3) is 4.94. The van der Waals surface area contributed by atoms with Gasteiger partial charge in [-0.15, -0.1) is 0 Å². The van der Waals surface area contributed by atoms with E-state index in [1.807, 2.05) is 26.8 Å². The lowest BCUT2D eigenvalue weighted by Gasteiger charge is -2.33. The SMILES string of the molecule is CCN(CC)S(=O)(=O)c1ccc(N2CCC(C)CC2)c(C(=O)NC(C)C2CC2)c1. The fourth-order valence-electron chi connectivity index (χ4n) is 4.09. The van der Waals surface area contributed by atoms with Crippen molar-refractivity contribution in [3.63, 3.8) is 0 Å². The van der Waals surface area contributed by atoms with E-state index >= 15 is 0 Å². The van der Waals surface area contributed by atoms with E-state index in [-0.39, 0.29) is 16.8 Å². The lowest BCUT2D eigenvalue weighted by atomic mass is 9.98. The van der Waals surface area contributed by atoms with Crippen molar-refractivity contribution < 1.29 is 13.2 Å². The summed E-state index contributed by atoms with van der Waals surface area (Å²) in [6.07, 6.45) is 4.46. The normalized spacial score (nSPS) is 19.4. The monoisotopic (exact) mass is 421 g/mol. The number of piperidine rings is 1. The molecule has 1 amide bonds. The first-order valence-electron chi connectivity index (χ1n) is 11.0. The van der Waals surface area contributed by atoms with Crippen LogP contribution < -0.4 is 10.2 Å². The summed E-state index contributed by atoms with van der Waals surface area (Å²) in [6.45, 7) is 10.5. The standard InChI is InChI=1S/C22H35N3O3S/c1-5-25(6-2)29(27,28)19-9-10-21(24-13-11-16(3)12-14-24)20(15-19)22(26)23-17(4)18-7-8-18/h9-10,15-18H,5-8,11-14H2,1-4H3,(H,23,26). The zero-order valence-corrected chi connectivity index (χ0v) is 19.0. The zero-order valence-electron chi connectivity index (χ0n) is 18.1. The highest BCUT2D eigenvalue weighted by atomic mass is 32.2. The van der Waals surface area contributed by atoms with E-state index in [1.165, 1.54) is 4.31 Å². The van der Waals surface area contributed by atoms with Crippen LogP contribution in [0.5, 0.6) is 0 Å². The Morgan fingerprint density at radius 2 is 1.79 bits per heavy atom. The van der Waals surface area contributed by atoms with Crippen LogP contribution >= 0.6 is 0 Å². The van der Waals surface area contributed by atoms with Gasteiger partial charge in [0.1, 0.15) is 0 Å². The molecule has 0 aromatic heterocycles. The van der Waals surface area contributed by atoms with Crippen molar-refractivity contribution >= 4 is 21.6 Å². The number of amides is 1. The average Bonchev–Trinajstić information content (AvgIpc) is 3.54. The van der Waals surface area contributed by atoms with Crippen LogP contribution in [0.4, 0.5) is 5.69 Å². The number of hydrogen-bond donors (Lipinski definition) is 1. The van der Waals surface area contributed by atoms with Gasteiger partial charge in [-0.1, -0.05) is 20.8 Å². The molecule has 0 bridgehead atoms. The summed E-state index contributed by atoms with van der Waals surface area (Å²) < 4.78 is 27.5. The predicted molar refractivity (Wildman–Crippen MR) is 117 cm³/mol. The van der Waals surface area contributed by atoms with Gasteiger partial charge in [0, 0.05) is 37.9 Å². The Hall–Kier alpha value is -1.60. The molecule has 2 aliphatic rings. The molecule has 7 heteroatoms. The Bertz CT molecular complexity index is 824. The predicted octanol–water partition coefficient (Wildman–Crippen LogP) is 3.48. The molecule has 1 aromatic rings. The maximum absolute atomic E-state index is 13.2. The van der Waals surface area contributed by atoms with Gasteiger partial charge in [-0.2, -0.15) is 4.31 Å². The summed E-state index contributed by atoms with van der Waals surface area (Å²) in [5.41, 5.74) is 1.32. The largest absolute Gasteiger partial charge is 0.371 e. The van der Waals surface area contributed by atoms with Crippen LogP contribution in [0.25, 0.3) is 0 Å². The van der Waals surface area contributed by atoms with Crippen LogP contribution in [-0.2, 0) is 10.0 Å². The number of nitrogens with one attached hydrogen (secondary N) is 1. The topological polar surface area (TPSA) is 69.7 Å². The molecule has 1 saturated heterocycles. The van der Waals surface area contributed by atoms with Gasteiger partial charge >= 0.3 is 0 Å². The number of anilines is 1. The molecule has 1 unspecified atom stereocenters. The van der Waals surface area contributed by atoms with Crippen molar-refractivity contribution in [2.24, 2.45) is 11.8 Å². The maximum Gasteiger partial charge on any atom is 0.253 e. The van der Waals surface area contributed by atoms with Gasteiger partial charge in [-0.25, -0.2) is 8.42 Å². The number of carbonyl (C=O) groups excluding carboxylic acids is 1. The first-order valence-corrected chi connectivity index (χ1v) is 12.4. The molecule has 1 aliphatic carbocycles. The van der Waals surface area contributed by atoms with Gasteiger partial charge in [0.25, 0.3) is 5.91 Å². The number of benzene rings is 1. The van der Waals surface area contributed by atoms with Crippen molar-refractivity contribution in [3.05, 3.63) is 23.8 Å². The Labute approximate surface area is 175 Å². The minimum atomic E-state index is -3.61. The van der Waals surface area contributed by atoms with Crippen LogP contribution in [-0.4, -0.2) is 50.9 Å². The van der Waals surface area contributed by atoms with Gasteiger partial charge in [-0.05, 0) is 62.6 Å². The highest BCUT2D eigenvalue weighted by Crippen LogP contribution is 2.33. The first-order chi connectivity index (χ1) is 13.8. The first kappa shape index (κ1) is 22.1. The van der Waals surface area contributed by atoms with Crippen molar-refractivity contribution in [2.75, 3.05) is 31.1 Å². The van der Waals surface area contributed by atoms with E-state index in [9.17, 15) is 13.2 Å². The summed E-state index contributed by atoms with van der Waals surface area (Å²) in [4.78, 5) is 15.6. The van der Waals surface area contributed by atoms with Crippen molar-refractivity contribution in [1.29, 1.82) is 0 Å². The molecule has 1 N–H and O–H groups in total. The van der Waals surface area contributed by atoms with E-state index < -0.39 is 10.0 Å². The second kappa shape index (κ2) is 9.04. The molecule has 1 aliphatic heterocycles. The number of hydrogen-bond acceptors (Lipinski definition) is 4. The minimum Gasteiger partial charge on any atom is -0.371 e. The number of rotatable bonds is 8. The average molecular weight is 422 g/mol. The van der Waals surface area contributed by atoms with Gasteiger partial charge in [0.2, 0.25) is 10.0 Å². The van der Waals surface area contributed by atoms with Crippen LogP contribution in [0.1, 0.15) is 63.7 Å². The summed E-state index contributed by atoms with van der Waals surface area (Å²) in [7, 11) is -3.61. The van der Waals surface area contributed by atoms with Gasteiger partial charge in [-0.3, -0.25) is 4.79 Å². The van der Waals surface area contributed by atoms with Gasteiger partial charge in [0.15, 0.2) is 0 Å². The highest BCUT2D eigenvalue weighted by molar-refractivity contribution is 7.89.